The molecule has 1 atom stereocenters. The summed E-state index contributed by atoms with van der Waals surface area (Å²) >= 11 is 1.65. The van der Waals surface area contributed by atoms with Crippen LogP contribution in [0.5, 0.6) is 0 Å². The van der Waals surface area contributed by atoms with E-state index in [1.807, 2.05) is 56.5 Å². The molecule has 4 heteroatoms. The Morgan fingerprint density at radius 2 is 2.15 bits per heavy atom. The second-order valence-corrected chi connectivity index (χ2v) is 5.77. The molecule has 0 fully saturated rings. The molecule has 1 amide bonds. The van der Waals surface area contributed by atoms with E-state index in [2.05, 4.69) is 10.6 Å². The Hall–Kier alpha value is -1.81. The van der Waals surface area contributed by atoms with Crippen molar-refractivity contribution in [2.75, 3.05) is 11.9 Å². The van der Waals surface area contributed by atoms with Crippen molar-refractivity contribution in [3.63, 3.8) is 0 Å². The van der Waals surface area contributed by atoms with E-state index >= 15 is 0 Å². The zero-order valence-corrected chi connectivity index (χ0v) is 12.9. The zero-order chi connectivity index (χ0) is 14.5. The maximum atomic E-state index is 12.4. The van der Waals surface area contributed by atoms with Crippen LogP contribution in [0.4, 0.5) is 5.69 Å². The molecule has 1 heterocycles. The summed E-state index contributed by atoms with van der Waals surface area (Å²) in [7, 11) is 0. The van der Waals surface area contributed by atoms with Crippen molar-refractivity contribution in [3.8, 4) is 0 Å². The van der Waals surface area contributed by atoms with Gasteiger partial charge in [-0.25, -0.2) is 0 Å². The lowest BCUT2D eigenvalue weighted by atomic mass is 10.1. The average molecular weight is 288 g/mol. The Morgan fingerprint density at radius 1 is 1.35 bits per heavy atom. The number of carbonyl (C=O) groups is 1. The Kier molecular flexibility index (Phi) is 4.79. The van der Waals surface area contributed by atoms with Gasteiger partial charge in [0.25, 0.3) is 5.91 Å². The van der Waals surface area contributed by atoms with Crippen LogP contribution in [0.15, 0.2) is 35.7 Å². The van der Waals surface area contributed by atoms with Crippen LogP contribution < -0.4 is 10.6 Å². The van der Waals surface area contributed by atoms with Crippen LogP contribution in [-0.2, 0) is 0 Å². The van der Waals surface area contributed by atoms with Gasteiger partial charge in [-0.1, -0.05) is 12.1 Å². The summed E-state index contributed by atoms with van der Waals surface area (Å²) in [5.74, 6) is -0.0400. The third-order valence-corrected chi connectivity index (χ3v) is 4.16. The molecular weight excluding hydrogens is 268 g/mol. The van der Waals surface area contributed by atoms with Crippen molar-refractivity contribution < 1.29 is 4.79 Å². The van der Waals surface area contributed by atoms with Crippen LogP contribution in [0.2, 0.25) is 0 Å². The van der Waals surface area contributed by atoms with Crippen LogP contribution in [0.1, 0.15) is 40.7 Å². The standard InChI is InChI=1S/C16H20N2OS/c1-4-17-14-10-11(2)7-8-13(14)16(19)18-12(3)15-6-5-9-20-15/h5-10,12,17H,4H2,1-3H3,(H,18,19). The highest BCUT2D eigenvalue weighted by molar-refractivity contribution is 7.10. The number of nitrogens with one attached hydrogen (secondary N) is 2. The maximum Gasteiger partial charge on any atom is 0.253 e. The molecule has 0 saturated heterocycles. The van der Waals surface area contributed by atoms with Gasteiger partial charge in [0.2, 0.25) is 0 Å². The molecule has 1 aromatic heterocycles. The fraction of sp³-hybridized carbons (Fsp3) is 0.312. The quantitative estimate of drug-likeness (QED) is 0.873. The number of amides is 1. The van der Waals surface area contributed by atoms with Gasteiger partial charge in [0.15, 0.2) is 0 Å². The van der Waals surface area contributed by atoms with Gasteiger partial charge in [-0.2, -0.15) is 0 Å². The minimum absolute atomic E-state index is 0.0262. The lowest BCUT2D eigenvalue weighted by molar-refractivity contribution is 0.0941. The van der Waals surface area contributed by atoms with Crippen LogP contribution in [0, 0.1) is 6.92 Å². The highest BCUT2D eigenvalue weighted by atomic mass is 32.1. The van der Waals surface area contributed by atoms with Gasteiger partial charge in [-0.05, 0) is 49.9 Å². The number of carbonyl (C=O) groups excluding carboxylic acids is 1. The maximum absolute atomic E-state index is 12.4. The molecule has 1 aromatic carbocycles. The Balaban J connectivity index is 2.16. The smallest absolute Gasteiger partial charge is 0.253 e. The second kappa shape index (κ2) is 6.57. The monoisotopic (exact) mass is 288 g/mol. The van der Waals surface area contributed by atoms with Gasteiger partial charge in [0.05, 0.1) is 11.6 Å². The van der Waals surface area contributed by atoms with Crippen molar-refractivity contribution in [2.24, 2.45) is 0 Å². The van der Waals surface area contributed by atoms with Crippen molar-refractivity contribution in [1.29, 1.82) is 0 Å². The third kappa shape index (κ3) is 3.39. The van der Waals surface area contributed by atoms with E-state index in [-0.39, 0.29) is 11.9 Å². The highest BCUT2D eigenvalue weighted by Gasteiger charge is 2.15. The number of anilines is 1. The summed E-state index contributed by atoms with van der Waals surface area (Å²) < 4.78 is 0. The number of hydrogen-bond acceptors (Lipinski definition) is 3. The first kappa shape index (κ1) is 14.6. The molecule has 0 bridgehead atoms. The minimum Gasteiger partial charge on any atom is -0.385 e. The molecule has 2 aromatic rings. The molecular formula is C16H20N2OS. The summed E-state index contributed by atoms with van der Waals surface area (Å²) in [6, 6.07) is 9.91. The number of rotatable bonds is 5. The molecule has 0 aliphatic heterocycles. The van der Waals surface area contributed by atoms with Crippen LogP contribution >= 0.6 is 11.3 Å². The average Bonchev–Trinajstić information content (AvgIpc) is 2.93. The lowest BCUT2D eigenvalue weighted by Crippen LogP contribution is -2.27. The Morgan fingerprint density at radius 3 is 2.80 bits per heavy atom. The molecule has 106 valence electrons. The molecule has 2 N–H and O–H groups in total. The fourth-order valence-corrected chi connectivity index (χ4v) is 2.81. The van der Waals surface area contributed by atoms with E-state index in [1.165, 1.54) is 0 Å². The van der Waals surface area contributed by atoms with Gasteiger partial charge < -0.3 is 10.6 Å². The summed E-state index contributed by atoms with van der Waals surface area (Å²) in [5, 5.41) is 8.32. The zero-order valence-electron chi connectivity index (χ0n) is 12.1. The van der Waals surface area contributed by atoms with Gasteiger partial charge in [0, 0.05) is 17.1 Å². The van der Waals surface area contributed by atoms with Gasteiger partial charge in [-0.15, -0.1) is 11.3 Å². The first-order valence-corrected chi connectivity index (χ1v) is 7.68. The lowest BCUT2D eigenvalue weighted by Gasteiger charge is -2.15. The molecule has 20 heavy (non-hydrogen) atoms. The normalized spacial score (nSPS) is 11.9. The van der Waals surface area contributed by atoms with Gasteiger partial charge in [-0.3, -0.25) is 4.79 Å². The van der Waals surface area contributed by atoms with Crippen molar-refractivity contribution >= 4 is 22.9 Å². The number of aryl methyl sites for hydroxylation is 1. The summed E-state index contributed by atoms with van der Waals surface area (Å²) in [6.07, 6.45) is 0. The SMILES string of the molecule is CCNc1cc(C)ccc1C(=O)NC(C)c1cccs1. The van der Waals surface area contributed by atoms with E-state index < -0.39 is 0 Å². The fourth-order valence-electron chi connectivity index (χ4n) is 2.08. The predicted molar refractivity (Wildman–Crippen MR) is 85.5 cm³/mol. The summed E-state index contributed by atoms with van der Waals surface area (Å²) in [5.41, 5.74) is 2.73. The second-order valence-electron chi connectivity index (χ2n) is 4.79. The Labute approximate surface area is 124 Å². The van der Waals surface area contributed by atoms with E-state index in [0.717, 1.165) is 22.7 Å². The Bertz CT molecular complexity index is 578. The molecule has 2 rings (SSSR count). The van der Waals surface area contributed by atoms with E-state index in [0.29, 0.717) is 5.56 Å². The molecule has 0 saturated carbocycles. The van der Waals surface area contributed by atoms with Crippen molar-refractivity contribution in [1.82, 2.24) is 5.32 Å². The minimum atomic E-state index is -0.0400. The van der Waals surface area contributed by atoms with Crippen molar-refractivity contribution in [2.45, 2.75) is 26.8 Å². The van der Waals surface area contributed by atoms with Crippen molar-refractivity contribution in [3.05, 3.63) is 51.7 Å². The molecule has 3 nitrogen and oxygen atoms in total. The van der Waals surface area contributed by atoms with Crippen LogP contribution in [0.3, 0.4) is 0 Å². The third-order valence-electron chi connectivity index (χ3n) is 3.10. The summed E-state index contributed by atoms with van der Waals surface area (Å²) in [4.78, 5) is 13.6. The number of thiophene rings is 1. The van der Waals surface area contributed by atoms with Gasteiger partial charge in [0.1, 0.15) is 0 Å². The summed E-state index contributed by atoms with van der Waals surface area (Å²) in [6.45, 7) is 6.85. The van der Waals surface area contributed by atoms with Gasteiger partial charge >= 0.3 is 0 Å². The van der Waals surface area contributed by atoms with Crippen LogP contribution in [-0.4, -0.2) is 12.5 Å². The van der Waals surface area contributed by atoms with Crippen LogP contribution in [0.25, 0.3) is 0 Å². The first-order valence-electron chi connectivity index (χ1n) is 6.80. The predicted octanol–water partition coefficient (Wildman–Crippen LogP) is 3.98. The molecule has 0 spiro atoms. The number of benzene rings is 1. The largest absolute Gasteiger partial charge is 0.385 e. The van der Waals surface area contributed by atoms with E-state index in [9.17, 15) is 4.79 Å². The number of hydrogen-bond donors (Lipinski definition) is 2. The molecule has 0 aliphatic carbocycles. The molecule has 1 unspecified atom stereocenters. The molecule has 0 aliphatic rings. The van der Waals surface area contributed by atoms with E-state index in [1.54, 1.807) is 11.3 Å². The molecule has 0 radical (unpaired) electrons. The van der Waals surface area contributed by atoms with E-state index in [4.69, 9.17) is 0 Å². The first-order chi connectivity index (χ1) is 9.61. The topological polar surface area (TPSA) is 41.1 Å². The highest BCUT2D eigenvalue weighted by Crippen LogP contribution is 2.21.